The van der Waals surface area contributed by atoms with Gasteiger partial charge in [0.1, 0.15) is 0 Å². The third-order valence-corrected chi connectivity index (χ3v) is 4.20. The van der Waals surface area contributed by atoms with Crippen LogP contribution in [0, 0.1) is 0 Å². The first kappa shape index (κ1) is 14.1. The molecule has 0 bridgehead atoms. The zero-order chi connectivity index (χ0) is 13.9. The molecule has 1 heterocycles. The average Bonchev–Trinajstić information content (AvgIpc) is 2.83. The second-order valence-corrected chi connectivity index (χ2v) is 6.33. The summed E-state index contributed by atoms with van der Waals surface area (Å²) in [6.07, 6.45) is 2.54. The maximum atomic E-state index is 11.2. The van der Waals surface area contributed by atoms with Gasteiger partial charge in [0.25, 0.3) is 0 Å². The number of benzene rings is 1. The molecule has 0 amide bonds. The molecule has 1 aromatic carbocycles. The molecule has 0 aliphatic carbocycles. The summed E-state index contributed by atoms with van der Waals surface area (Å²) in [5, 5.41) is 8.26. The van der Waals surface area contributed by atoms with E-state index in [2.05, 4.69) is 10.2 Å². The van der Waals surface area contributed by atoms with Crippen molar-refractivity contribution in [2.75, 3.05) is 37.2 Å². The molecule has 0 unspecified atom stereocenters. The largest absolute Gasteiger partial charge is 0.397 e. The van der Waals surface area contributed by atoms with E-state index in [1.807, 2.05) is 0 Å². The van der Waals surface area contributed by atoms with Gasteiger partial charge >= 0.3 is 0 Å². The van der Waals surface area contributed by atoms with E-state index in [-0.39, 0.29) is 4.90 Å². The Morgan fingerprint density at radius 2 is 1.95 bits per heavy atom. The summed E-state index contributed by atoms with van der Waals surface area (Å²) in [7, 11) is -3.69. The lowest BCUT2D eigenvalue weighted by atomic mass is 10.2. The second kappa shape index (κ2) is 5.77. The molecule has 0 aromatic heterocycles. The van der Waals surface area contributed by atoms with Crippen LogP contribution in [0.5, 0.6) is 0 Å². The Bertz CT molecular complexity index is 539. The first-order chi connectivity index (χ1) is 8.97. The molecular formula is C12H20N4O2S. The van der Waals surface area contributed by atoms with Crippen LogP contribution in [0.4, 0.5) is 11.4 Å². The van der Waals surface area contributed by atoms with Gasteiger partial charge in [-0.05, 0) is 44.1 Å². The van der Waals surface area contributed by atoms with Crippen LogP contribution in [0.15, 0.2) is 23.1 Å². The Hall–Kier alpha value is -1.31. The molecule has 6 nitrogen and oxygen atoms in total. The van der Waals surface area contributed by atoms with E-state index < -0.39 is 10.0 Å². The van der Waals surface area contributed by atoms with Crippen LogP contribution in [0.1, 0.15) is 12.8 Å². The third kappa shape index (κ3) is 3.82. The van der Waals surface area contributed by atoms with Crippen LogP contribution in [0.3, 0.4) is 0 Å². The number of nitrogen functional groups attached to an aromatic ring is 1. The Morgan fingerprint density at radius 1 is 1.26 bits per heavy atom. The molecule has 2 rings (SSSR count). The monoisotopic (exact) mass is 284 g/mol. The van der Waals surface area contributed by atoms with Crippen molar-refractivity contribution in [3.63, 3.8) is 0 Å². The Morgan fingerprint density at radius 3 is 2.53 bits per heavy atom. The highest BCUT2D eigenvalue weighted by Crippen LogP contribution is 2.21. The fraction of sp³-hybridized carbons (Fsp3) is 0.500. The van der Waals surface area contributed by atoms with E-state index in [9.17, 15) is 8.42 Å². The molecule has 5 N–H and O–H groups in total. The number of nitrogens with one attached hydrogen (secondary N) is 1. The lowest BCUT2D eigenvalue weighted by molar-refractivity contribution is 0.353. The van der Waals surface area contributed by atoms with Gasteiger partial charge in [0.2, 0.25) is 10.0 Å². The van der Waals surface area contributed by atoms with Gasteiger partial charge in [0, 0.05) is 13.1 Å². The van der Waals surface area contributed by atoms with Crippen molar-refractivity contribution in [1.29, 1.82) is 0 Å². The van der Waals surface area contributed by atoms with Crippen LogP contribution in [0.25, 0.3) is 0 Å². The summed E-state index contributed by atoms with van der Waals surface area (Å²) >= 11 is 0. The van der Waals surface area contributed by atoms with E-state index in [0.29, 0.717) is 5.69 Å². The fourth-order valence-corrected chi connectivity index (χ4v) is 2.78. The third-order valence-electron chi connectivity index (χ3n) is 3.29. The number of nitrogens with two attached hydrogens (primary N) is 2. The normalized spacial score (nSPS) is 16.7. The number of likely N-dealkylation sites (tertiary alicyclic amines) is 1. The van der Waals surface area contributed by atoms with Gasteiger partial charge in [-0.3, -0.25) is 0 Å². The van der Waals surface area contributed by atoms with E-state index in [1.165, 1.54) is 25.0 Å². The Kier molecular flexibility index (Phi) is 4.28. The average molecular weight is 284 g/mol. The van der Waals surface area contributed by atoms with Crippen molar-refractivity contribution in [3.8, 4) is 0 Å². The lowest BCUT2D eigenvalue weighted by Gasteiger charge is -2.16. The Labute approximate surface area is 113 Å². The van der Waals surface area contributed by atoms with Crippen molar-refractivity contribution < 1.29 is 8.42 Å². The van der Waals surface area contributed by atoms with E-state index >= 15 is 0 Å². The molecule has 7 heteroatoms. The van der Waals surface area contributed by atoms with Crippen LogP contribution < -0.4 is 16.2 Å². The summed E-state index contributed by atoms with van der Waals surface area (Å²) in [5.74, 6) is 0. The van der Waals surface area contributed by atoms with Gasteiger partial charge in [0.05, 0.1) is 16.3 Å². The summed E-state index contributed by atoms with van der Waals surface area (Å²) in [6.45, 7) is 4.07. The minimum Gasteiger partial charge on any atom is -0.397 e. The molecule has 0 atom stereocenters. The molecule has 1 aliphatic heterocycles. The van der Waals surface area contributed by atoms with Crippen molar-refractivity contribution >= 4 is 21.4 Å². The minimum atomic E-state index is -3.69. The zero-order valence-corrected chi connectivity index (χ0v) is 11.6. The predicted molar refractivity (Wildman–Crippen MR) is 76.4 cm³/mol. The van der Waals surface area contributed by atoms with Gasteiger partial charge in [-0.15, -0.1) is 0 Å². The van der Waals surface area contributed by atoms with Crippen molar-refractivity contribution in [3.05, 3.63) is 18.2 Å². The smallest absolute Gasteiger partial charge is 0.238 e. The summed E-state index contributed by atoms with van der Waals surface area (Å²) in [4.78, 5) is 2.43. The van der Waals surface area contributed by atoms with Crippen LogP contribution in [0.2, 0.25) is 0 Å². The van der Waals surface area contributed by atoms with Crippen molar-refractivity contribution in [2.24, 2.45) is 5.14 Å². The first-order valence-corrected chi connectivity index (χ1v) is 7.90. The molecule has 106 valence electrons. The standard InChI is InChI=1S/C12H20N4O2S/c13-11-9-10(19(14,17)18)3-4-12(11)15-5-8-16-6-1-2-7-16/h3-4,9,15H,1-2,5-8,13H2,(H2,14,17,18). The van der Waals surface area contributed by atoms with Gasteiger partial charge in [-0.2, -0.15) is 0 Å². The Balaban J connectivity index is 1.93. The summed E-state index contributed by atoms with van der Waals surface area (Å²) in [5.41, 5.74) is 6.95. The number of hydrogen-bond acceptors (Lipinski definition) is 5. The number of anilines is 2. The van der Waals surface area contributed by atoms with Crippen LogP contribution in [-0.4, -0.2) is 39.5 Å². The summed E-state index contributed by atoms with van der Waals surface area (Å²) in [6, 6.07) is 4.50. The highest BCUT2D eigenvalue weighted by molar-refractivity contribution is 7.89. The van der Waals surface area contributed by atoms with E-state index in [4.69, 9.17) is 10.9 Å². The van der Waals surface area contributed by atoms with E-state index in [0.717, 1.165) is 31.9 Å². The topological polar surface area (TPSA) is 101 Å². The molecule has 0 radical (unpaired) electrons. The molecule has 19 heavy (non-hydrogen) atoms. The highest BCUT2D eigenvalue weighted by atomic mass is 32.2. The van der Waals surface area contributed by atoms with Gasteiger partial charge < -0.3 is 16.0 Å². The molecule has 1 saturated heterocycles. The lowest BCUT2D eigenvalue weighted by Crippen LogP contribution is -2.26. The van der Waals surface area contributed by atoms with Gasteiger partial charge in [-0.25, -0.2) is 13.6 Å². The number of rotatable bonds is 5. The predicted octanol–water partition coefficient (Wildman–Crippen LogP) is 0.424. The number of primary sulfonamides is 1. The van der Waals surface area contributed by atoms with Gasteiger partial charge in [0.15, 0.2) is 0 Å². The quantitative estimate of drug-likeness (QED) is 0.680. The number of hydrogen-bond donors (Lipinski definition) is 3. The molecule has 1 fully saturated rings. The molecule has 0 saturated carbocycles. The molecule has 1 aliphatic rings. The zero-order valence-electron chi connectivity index (χ0n) is 10.8. The minimum absolute atomic E-state index is 0.0371. The molecule has 1 aromatic rings. The van der Waals surface area contributed by atoms with Crippen molar-refractivity contribution in [1.82, 2.24) is 4.90 Å². The molecule has 0 spiro atoms. The van der Waals surface area contributed by atoms with Crippen LogP contribution >= 0.6 is 0 Å². The van der Waals surface area contributed by atoms with Crippen molar-refractivity contribution in [2.45, 2.75) is 17.7 Å². The van der Waals surface area contributed by atoms with Crippen LogP contribution in [-0.2, 0) is 10.0 Å². The molecular weight excluding hydrogens is 264 g/mol. The second-order valence-electron chi connectivity index (χ2n) is 4.77. The SMILES string of the molecule is Nc1cc(S(N)(=O)=O)ccc1NCCN1CCCC1. The number of sulfonamides is 1. The van der Waals surface area contributed by atoms with Gasteiger partial charge in [-0.1, -0.05) is 0 Å². The fourth-order valence-electron chi connectivity index (χ4n) is 2.23. The first-order valence-electron chi connectivity index (χ1n) is 6.35. The summed E-state index contributed by atoms with van der Waals surface area (Å²) < 4.78 is 22.4. The maximum absolute atomic E-state index is 11.2. The highest BCUT2D eigenvalue weighted by Gasteiger charge is 2.12. The van der Waals surface area contributed by atoms with E-state index in [1.54, 1.807) is 6.07 Å². The maximum Gasteiger partial charge on any atom is 0.238 e. The number of nitrogens with zero attached hydrogens (tertiary/aromatic N) is 1.